The van der Waals surface area contributed by atoms with E-state index < -0.39 is 0 Å². The second-order valence-electron chi connectivity index (χ2n) is 5.15. The summed E-state index contributed by atoms with van der Waals surface area (Å²) in [6.07, 6.45) is 0. The monoisotopic (exact) mass is 311 g/mol. The van der Waals surface area contributed by atoms with Crippen molar-refractivity contribution in [3.63, 3.8) is 0 Å². The molecule has 0 atom stereocenters. The number of nitrogens with zero attached hydrogens (tertiary/aromatic N) is 2. The zero-order chi connectivity index (χ0) is 15.1. The van der Waals surface area contributed by atoms with Crippen LogP contribution in [0.25, 0.3) is 0 Å². The van der Waals surface area contributed by atoms with Crippen LogP contribution in [0.3, 0.4) is 0 Å². The van der Waals surface area contributed by atoms with Crippen LogP contribution in [0.5, 0.6) is 0 Å². The SMILES string of the molecule is CN(CCSc1ccccc1F)CC(=O)N1CCNCC1. The first-order valence-electron chi connectivity index (χ1n) is 7.21. The highest BCUT2D eigenvalue weighted by Gasteiger charge is 2.17. The highest BCUT2D eigenvalue weighted by molar-refractivity contribution is 7.99. The summed E-state index contributed by atoms with van der Waals surface area (Å²) in [5.41, 5.74) is 0. The van der Waals surface area contributed by atoms with Crippen LogP contribution >= 0.6 is 11.8 Å². The van der Waals surface area contributed by atoms with E-state index in [9.17, 15) is 9.18 Å². The van der Waals surface area contributed by atoms with Crippen LogP contribution in [0.15, 0.2) is 29.2 Å². The zero-order valence-corrected chi connectivity index (χ0v) is 13.2. The molecule has 1 heterocycles. The topological polar surface area (TPSA) is 35.6 Å². The van der Waals surface area contributed by atoms with Gasteiger partial charge in [-0.15, -0.1) is 11.8 Å². The third-order valence-corrected chi connectivity index (χ3v) is 4.47. The zero-order valence-electron chi connectivity index (χ0n) is 12.3. The lowest BCUT2D eigenvalue weighted by Crippen LogP contribution is -2.49. The van der Waals surface area contributed by atoms with Gasteiger partial charge in [0.15, 0.2) is 0 Å². The number of carbonyl (C=O) groups is 1. The second-order valence-corrected chi connectivity index (χ2v) is 6.28. The number of amides is 1. The van der Waals surface area contributed by atoms with Gasteiger partial charge in [0.25, 0.3) is 0 Å². The van der Waals surface area contributed by atoms with Gasteiger partial charge in [0.1, 0.15) is 5.82 Å². The molecular weight excluding hydrogens is 289 g/mol. The fraction of sp³-hybridized carbons (Fsp3) is 0.533. The van der Waals surface area contributed by atoms with E-state index in [0.29, 0.717) is 11.4 Å². The number of hydrogen-bond donors (Lipinski definition) is 1. The van der Waals surface area contributed by atoms with Gasteiger partial charge < -0.3 is 10.2 Å². The molecule has 1 aliphatic heterocycles. The smallest absolute Gasteiger partial charge is 0.236 e. The number of likely N-dealkylation sites (N-methyl/N-ethyl adjacent to an activating group) is 1. The van der Waals surface area contributed by atoms with E-state index in [1.54, 1.807) is 12.1 Å². The highest BCUT2D eigenvalue weighted by Crippen LogP contribution is 2.20. The van der Waals surface area contributed by atoms with Crippen LogP contribution < -0.4 is 5.32 Å². The number of halogens is 1. The average Bonchev–Trinajstić information content (AvgIpc) is 2.50. The van der Waals surface area contributed by atoms with Crippen LogP contribution in [0.2, 0.25) is 0 Å². The molecule has 116 valence electrons. The predicted molar refractivity (Wildman–Crippen MR) is 84.1 cm³/mol. The second kappa shape index (κ2) is 8.36. The quantitative estimate of drug-likeness (QED) is 0.803. The number of carbonyl (C=O) groups excluding carboxylic acids is 1. The largest absolute Gasteiger partial charge is 0.339 e. The molecule has 6 heteroatoms. The molecule has 1 fully saturated rings. The summed E-state index contributed by atoms with van der Waals surface area (Å²) in [4.78, 5) is 16.6. The van der Waals surface area contributed by atoms with E-state index in [2.05, 4.69) is 5.32 Å². The van der Waals surface area contributed by atoms with E-state index >= 15 is 0 Å². The Labute approximate surface area is 129 Å². The van der Waals surface area contributed by atoms with Crippen molar-refractivity contribution in [3.05, 3.63) is 30.1 Å². The van der Waals surface area contributed by atoms with Crippen LogP contribution in [0.1, 0.15) is 0 Å². The van der Waals surface area contributed by atoms with Gasteiger partial charge in [-0.2, -0.15) is 0 Å². The first-order valence-corrected chi connectivity index (χ1v) is 8.20. The summed E-state index contributed by atoms with van der Waals surface area (Å²) >= 11 is 1.49. The maximum atomic E-state index is 13.5. The lowest BCUT2D eigenvalue weighted by molar-refractivity contribution is -0.132. The van der Waals surface area contributed by atoms with Crippen LogP contribution in [0, 0.1) is 5.82 Å². The summed E-state index contributed by atoms with van der Waals surface area (Å²) < 4.78 is 13.5. The van der Waals surface area contributed by atoms with Gasteiger partial charge in [0.05, 0.1) is 6.54 Å². The van der Waals surface area contributed by atoms with Crippen molar-refractivity contribution >= 4 is 17.7 Å². The Morgan fingerprint density at radius 2 is 2.10 bits per heavy atom. The Kier molecular flexibility index (Phi) is 6.48. The van der Waals surface area contributed by atoms with E-state index in [0.717, 1.165) is 38.5 Å². The molecule has 1 amide bonds. The molecule has 1 aromatic carbocycles. The Hall–Kier alpha value is -1.11. The minimum absolute atomic E-state index is 0.176. The molecule has 1 aliphatic rings. The Bertz CT molecular complexity index is 466. The van der Waals surface area contributed by atoms with Crippen LogP contribution in [0.4, 0.5) is 4.39 Å². The van der Waals surface area contributed by atoms with Gasteiger partial charge in [-0.05, 0) is 19.2 Å². The van der Waals surface area contributed by atoms with E-state index in [1.165, 1.54) is 17.8 Å². The van der Waals surface area contributed by atoms with Gasteiger partial charge in [0, 0.05) is 43.4 Å². The predicted octanol–water partition coefficient (Wildman–Crippen LogP) is 1.28. The van der Waals surface area contributed by atoms with Gasteiger partial charge in [0.2, 0.25) is 5.91 Å². The molecule has 0 radical (unpaired) electrons. The molecule has 1 N–H and O–H groups in total. The van der Waals surface area contributed by atoms with Gasteiger partial charge in [-0.1, -0.05) is 12.1 Å². The number of benzene rings is 1. The Morgan fingerprint density at radius 1 is 1.38 bits per heavy atom. The molecule has 0 bridgehead atoms. The van der Waals surface area contributed by atoms with Crippen molar-refractivity contribution in [1.29, 1.82) is 0 Å². The Balaban J connectivity index is 1.68. The first-order chi connectivity index (χ1) is 10.2. The molecule has 0 spiro atoms. The number of nitrogens with one attached hydrogen (secondary N) is 1. The van der Waals surface area contributed by atoms with Crippen molar-refractivity contribution in [2.75, 3.05) is 52.1 Å². The molecule has 21 heavy (non-hydrogen) atoms. The van der Waals surface area contributed by atoms with E-state index in [-0.39, 0.29) is 11.7 Å². The number of thioether (sulfide) groups is 1. The van der Waals surface area contributed by atoms with E-state index in [4.69, 9.17) is 0 Å². The number of rotatable bonds is 6. The molecule has 0 aliphatic carbocycles. The summed E-state index contributed by atoms with van der Waals surface area (Å²) in [7, 11) is 1.93. The van der Waals surface area contributed by atoms with E-state index in [1.807, 2.05) is 22.9 Å². The molecule has 4 nitrogen and oxygen atoms in total. The van der Waals surface area contributed by atoms with Crippen LogP contribution in [-0.2, 0) is 4.79 Å². The molecule has 0 aromatic heterocycles. The third kappa shape index (κ3) is 5.30. The summed E-state index contributed by atoms with van der Waals surface area (Å²) in [6, 6.07) is 6.78. The number of piperazine rings is 1. The van der Waals surface area contributed by atoms with Crippen molar-refractivity contribution in [2.24, 2.45) is 0 Å². The first kappa shape index (κ1) is 16.3. The fourth-order valence-corrected chi connectivity index (χ4v) is 3.20. The normalized spacial score (nSPS) is 15.5. The van der Waals surface area contributed by atoms with Crippen molar-refractivity contribution < 1.29 is 9.18 Å². The summed E-state index contributed by atoms with van der Waals surface area (Å²) in [5, 5.41) is 3.23. The molecule has 1 aromatic rings. The van der Waals surface area contributed by atoms with Gasteiger partial charge >= 0.3 is 0 Å². The minimum atomic E-state index is -0.179. The maximum absolute atomic E-state index is 13.5. The van der Waals surface area contributed by atoms with Crippen molar-refractivity contribution in [1.82, 2.24) is 15.1 Å². The summed E-state index contributed by atoms with van der Waals surface area (Å²) in [5.74, 6) is 0.767. The summed E-state index contributed by atoms with van der Waals surface area (Å²) in [6.45, 7) is 4.51. The van der Waals surface area contributed by atoms with Gasteiger partial charge in [-0.3, -0.25) is 9.69 Å². The third-order valence-electron chi connectivity index (χ3n) is 3.44. The lowest BCUT2D eigenvalue weighted by atomic mass is 10.3. The average molecular weight is 311 g/mol. The Morgan fingerprint density at radius 3 is 2.81 bits per heavy atom. The lowest BCUT2D eigenvalue weighted by Gasteiger charge is -2.29. The van der Waals surface area contributed by atoms with Crippen molar-refractivity contribution in [2.45, 2.75) is 4.90 Å². The molecule has 1 saturated heterocycles. The van der Waals surface area contributed by atoms with Gasteiger partial charge in [-0.25, -0.2) is 4.39 Å². The standard InChI is InChI=1S/C15H22FN3OS/c1-18(12-15(20)19-8-6-17-7-9-19)10-11-21-14-5-3-2-4-13(14)16/h2-5,17H,6-12H2,1H3. The molecule has 0 saturated carbocycles. The molecular formula is C15H22FN3OS. The van der Waals surface area contributed by atoms with Crippen LogP contribution in [-0.4, -0.2) is 67.8 Å². The maximum Gasteiger partial charge on any atom is 0.236 e. The number of hydrogen-bond acceptors (Lipinski definition) is 4. The molecule has 0 unspecified atom stereocenters. The fourth-order valence-electron chi connectivity index (χ4n) is 2.20. The minimum Gasteiger partial charge on any atom is -0.339 e. The van der Waals surface area contributed by atoms with Crippen molar-refractivity contribution in [3.8, 4) is 0 Å². The highest BCUT2D eigenvalue weighted by atomic mass is 32.2. The molecule has 2 rings (SSSR count).